The van der Waals surface area contributed by atoms with Crippen molar-refractivity contribution in [1.29, 1.82) is 0 Å². The van der Waals surface area contributed by atoms with Crippen LogP contribution in [-0.4, -0.2) is 26.1 Å². The van der Waals surface area contributed by atoms with E-state index in [1.165, 1.54) is 0 Å². The molecule has 0 aliphatic rings. The van der Waals surface area contributed by atoms with Crippen molar-refractivity contribution in [3.8, 4) is 0 Å². The van der Waals surface area contributed by atoms with Crippen LogP contribution in [0.4, 0.5) is 5.82 Å². The van der Waals surface area contributed by atoms with Crippen LogP contribution in [0.25, 0.3) is 11.2 Å². The summed E-state index contributed by atoms with van der Waals surface area (Å²) in [6, 6.07) is 0.361. The van der Waals surface area contributed by atoms with Gasteiger partial charge >= 0.3 is 0 Å². The third-order valence-corrected chi connectivity index (χ3v) is 2.26. The molecule has 0 spiro atoms. The van der Waals surface area contributed by atoms with Crippen LogP contribution in [0.1, 0.15) is 26.8 Å². The van der Waals surface area contributed by atoms with Crippen LogP contribution in [0.5, 0.6) is 0 Å². The van der Waals surface area contributed by atoms with E-state index in [0.29, 0.717) is 6.04 Å². The van der Waals surface area contributed by atoms with E-state index >= 15 is 0 Å². The summed E-state index contributed by atoms with van der Waals surface area (Å²) in [6.07, 6.45) is 3.38. The predicted octanol–water partition coefficient (Wildman–Crippen LogP) is 1.84. The van der Waals surface area contributed by atoms with E-state index < -0.39 is 0 Å². The molecule has 0 unspecified atom stereocenters. The zero-order valence-electron chi connectivity index (χ0n) is 9.23. The average molecular weight is 205 g/mol. The molecule has 0 fully saturated rings. The van der Waals surface area contributed by atoms with Crippen LogP contribution >= 0.6 is 0 Å². The fraction of sp³-hybridized carbons (Fsp3) is 0.500. The van der Waals surface area contributed by atoms with Gasteiger partial charge in [0, 0.05) is 12.6 Å². The number of nitrogens with one attached hydrogen (secondary N) is 1. The lowest BCUT2D eigenvalue weighted by Crippen LogP contribution is -2.03. The van der Waals surface area contributed by atoms with Crippen molar-refractivity contribution < 1.29 is 0 Å². The van der Waals surface area contributed by atoms with E-state index in [0.717, 1.165) is 23.5 Å². The van der Waals surface area contributed by atoms with E-state index in [4.69, 9.17) is 0 Å². The quantitative estimate of drug-likeness (QED) is 0.830. The monoisotopic (exact) mass is 205 g/mol. The number of aromatic nitrogens is 4. The van der Waals surface area contributed by atoms with Gasteiger partial charge < -0.3 is 9.88 Å². The van der Waals surface area contributed by atoms with Crippen LogP contribution in [0.15, 0.2) is 12.7 Å². The number of nitrogens with zero attached hydrogens (tertiary/aromatic N) is 4. The normalized spacial score (nSPS) is 11.2. The van der Waals surface area contributed by atoms with Gasteiger partial charge in [-0.15, -0.1) is 0 Å². The topological polar surface area (TPSA) is 55.6 Å². The Morgan fingerprint density at radius 3 is 2.80 bits per heavy atom. The molecule has 5 nitrogen and oxygen atoms in total. The van der Waals surface area contributed by atoms with Gasteiger partial charge in [0.2, 0.25) is 0 Å². The first-order valence-electron chi connectivity index (χ1n) is 5.15. The van der Waals surface area contributed by atoms with Gasteiger partial charge in [-0.25, -0.2) is 15.0 Å². The van der Waals surface area contributed by atoms with Crippen molar-refractivity contribution in [2.75, 3.05) is 11.9 Å². The summed E-state index contributed by atoms with van der Waals surface area (Å²) in [5, 5.41) is 3.18. The van der Waals surface area contributed by atoms with Crippen molar-refractivity contribution in [3.63, 3.8) is 0 Å². The fourth-order valence-corrected chi connectivity index (χ4v) is 1.53. The Hall–Kier alpha value is -1.65. The molecule has 5 heteroatoms. The van der Waals surface area contributed by atoms with Crippen molar-refractivity contribution in [1.82, 2.24) is 19.5 Å². The highest BCUT2D eigenvalue weighted by Gasteiger charge is 2.10. The summed E-state index contributed by atoms with van der Waals surface area (Å²) < 4.78 is 2.04. The molecule has 0 saturated heterocycles. The van der Waals surface area contributed by atoms with Gasteiger partial charge in [-0.05, 0) is 20.8 Å². The Morgan fingerprint density at radius 2 is 2.13 bits per heavy atom. The Morgan fingerprint density at radius 1 is 1.33 bits per heavy atom. The lowest BCUT2D eigenvalue weighted by atomic mass is 10.4. The van der Waals surface area contributed by atoms with Gasteiger partial charge in [-0.2, -0.15) is 0 Å². The van der Waals surface area contributed by atoms with Gasteiger partial charge in [0.05, 0.1) is 6.33 Å². The molecule has 15 heavy (non-hydrogen) atoms. The van der Waals surface area contributed by atoms with Crippen LogP contribution < -0.4 is 5.32 Å². The molecule has 2 rings (SSSR count). The smallest absolute Gasteiger partial charge is 0.165 e. The Bertz CT molecular complexity index is 460. The third-order valence-electron chi connectivity index (χ3n) is 2.26. The van der Waals surface area contributed by atoms with E-state index in [9.17, 15) is 0 Å². The maximum Gasteiger partial charge on any atom is 0.165 e. The largest absolute Gasteiger partial charge is 0.368 e. The standard InChI is InChI=1S/C10H15N5/c1-4-11-9-8-10(13-5-12-9)15(6-14-8)7(2)3/h5-7H,4H2,1-3H3,(H,11,12,13). The molecular weight excluding hydrogens is 190 g/mol. The molecule has 0 aliphatic carbocycles. The van der Waals surface area contributed by atoms with Gasteiger partial charge in [-0.3, -0.25) is 0 Å². The first-order valence-corrected chi connectivity index (χ1v) is 5.15. The third kappa shape index (κ3) is 1.65. The summed E-state index contributed by atoms with van der Waals surface area (Å²) >= 11 is 0. The molecule has 0 bridgehead atoms. The highest BCUT2D eigenvalue weighted by molar-refractivity contribution is 5.82. The lowest BCUT2D eigenvalue weighted by molar-refractivity contribution is 0.612. The van der Waals surface area contributed by atoms with E-state index in [1.54, 1.807) is 6.33 Å². The van der Waals surface area contributed by atoms with Gasteiger partial charge in [0.1, 0.15) is 11.8 Å². The maximum atomic E-state index is 4.33. The summed E-state index contributed by atoms with van der Waals surface area (Å²) in [5.74, 6) is 0.807. The molecule has 2 aromatic rings. The van der Waals surface area contributed by atoms with Crippen LogP contribution in [0.2, 0.25) is 0 Å². The predicted molar refractivity (Wildman–Crippen MR) is 59.9 cm³/mol. The van der Waals surface area contributed by atoms with Gasteiger partial charge in [-0.1, -0.05) is 0 Å². The van der Waals surface area contributed by atoms with Crippen molar-refractivity contribution in [3.05, 3.63) is 12.7 Å². The molecule has 0 amide bonds. The zero-order chi connectivity index (χ0) is 10.8. The second-order valence-corrected chi connectivity index (χ2v) is 3.67. The minimum absolute atomic E-state index is 0.361. The molecular formula is C10H15N5. The molecule has 0 aliphatic heterocycles. The van der Waals surface area contributed by atoms with Gasteiger partial charge in [0.25, 0.3) is 0 Å². The Kier molecular flexibility index (Phi) is 2.53. The average Bonchev–Trinajstić information content (AvgIpc) is 2.62. The Balaban J connectivity index is 2.58. The molecule has 2 aromatic heterocycles. The molecule has 0 aromatic carbocycles. The van der Waals surface area contributed by atoms with Crippen molar-refractivity contribution >= 4 is 17.0 Å². The van der Waals surface area contributed by atoms with Crippen LogP contribution in [0.3, 0.4) is 0 Å². The second-order valence-electron chi connectivity index (χ2n) is 3.67. The van der Waals surface area contributed by atoms with Crippen molar-refractivity contribution in [2.45, 2.75) is 26.8 Å². The number of hydrogen-bond donors (Lipinski definition) is 1. The summed E-state index contributed by atoms with van der Waals surface area (Å²) in [4.78, 5) is 12.8. The summed E-state index contributed by atoms with van der Waals surface area (Å²) in [7, 11) is 0. The number of hydrogen-bond acceptors (Lipinski definition) is 4. The summed E-state index contributed by atoms with van der Waals surface area (Å²) in [6.45, 7) is 7.08. The van der Waals surface area contributed by atoms with E-state index in [2.05, 4.69) is 34.1 Å². The molecule has 0 atom stereocenters. The first-order chi connectivity index (χ1) is 7.24. The lowest BCUT2D eigenvalue weighted by Gasteiger charge is -2.07. The number of rotatable bonds is 3. The molecule has 0 saturated carbocycles. The van der Waals surface area contributed by atoms with E-state index in [-0.39, 0.29) is 0 Å². The number of imidazole rings is 1. The molecule has 0 radical (unpaired) electrons. The second kappa shape index (κ2) is 3.84. The Labute approximate surface area is 88.6 Å². The van der Waals surface area contributed by atoms with E-state index in [1.807, 2.05) is 17.8 Å². The summed E-state index contributed by atoms with van der Waals surface area (Å²) in [5.41, 5.74) is 1.73. The SMILES string of the molecule is CCNc1ncnc2c1ncn2C(C)C. The molecule has 2 heterocycles. The van der Waals surface area contributed by atoms with Crippen molar-refractivity contribution in [2.24, 2.45) is 0 Å². The minimum atomic E-state index is 0.361. The first kappa shape index (κ1) is 9.89. The molecule has 80 valence electrons. The number of anilines is 1. The van der Waals surface area contributed by atoms with Crippen LogP contribution in [0, 0.1) is 0 Å². The number of fused-ring (bicyclic) bond motifs is 1. The zero-order valence-corrected chi connectivity index (χ0v) is 9.23. The fourth-order valence-electron chi connectivity index (χ4n) is 1.53. The molecule has 1 N–H and O–H groups in total. The van der Waals surface area contributed by atoms with Crippen LogP contribution in [-0.2, 0) is 0 Å². The minimum Gasteiger partial charge on any atom is -0.368 e. The maximum absolute atomic E-state index is 4.33. The highest BCUT2D eigenvalue weighted by Crippen LogP contribution is 2.19. The van der Waals surface area contributed by atoms with Gasteiger partial charge in [0.15, 0.2) is 11.5 Å². The highest BCUT2D eigenvalue weighted by atomic mass is 15.2.